The van der Waals surface area contributed by atoms with Gasteiger partial charge in [-0.2, -0.15) is 0 Å². The van der Waals surface area contributed by atoms with Gasteiger partial charge in [-0.05, 0) is 67.3 Å². The summed E-state index contributed by atoms with van der Waals surface area (Å²) in [5.74, 6) is 0.547. The number of aromatic nitrogens is 1. The number of rotatable bonds is 6. The minimum absolute atomic E-state index is 0.0829. The van der Waals surface area contributed by atoms with Crippen LogP contribution in [0, 0.1) is 17.0 Å². The Balaban J connectivity index is 1.52. The molecule has 1 atom stereocenters. The molecule has 1 heterocycles. The van der Waals surface area contributed by atoms with E-state index in [4.69, 9.17) is 4.42 Å². The van der Waals surface area contributed by atoms with Gasteiger partial charge in [0.25, 0.3) is 11.6 Å². The highest BCUT2D eigenvalue weighted by Crippen LogP contribution is 2.29. The SMILES string of the molecule is CC[C@@H](C)c1ccc2oc(-c3ccc(NC(=O)c4ccc(C)c([N+](=O)[O-])c4)cc3)nc2c1. The molecule has 3 aromatic carbocycles. The van der Waals surface area contributed by atoms with Gasteiger partial charge in [-0.1, -0.05) is 26.0 Å². The summed E-state index contributed by atoms with van der Waals surface area (Å²) in [7, 11) is 0. The summed E-state index contributed by atoms with van der Waals surface area (Å²) in [4.78, 5) is 27.8. The van der Waals surface area contributed by atoms with Crippen LogP contribution in [0.25, 0.3) is 22.6 Å². The Morgan fingerprint density at radius 3 is 2.56 bits per heavy atom. The highest BCUT2D eigenvalue weighted by Gasteiger charge is 2.16. The zero-order valence-electron chi connectivity index (χ0n) is 18.1. The average molecular weight is 429 g/mol. The Morgan fingerprint density at radius 1 is 1.12 bits per heavy atom. The monoisotopic (exact) mass is 429 g/mol. The van der Waals surface area contributed by atoms with Crippen LogP contribution < -0.4 is 5.32 Å². The highest BCUT2D eigenvalue weighted by molar-refractivity contribution is 6.04. The maximum absolute atomic E-state index is 12.5. The van der Waals surface area contributed by atoms with E-state index >= 15 is 0 Å². The summed E-state index contributed by atoms with van der Waals surface area (Å²) >= 11 is 0. The largest absolute Gasteiger partial charge is 0.436 e. The van der Waals surface area contributed by atoms with Gasteiger partial charge in [0.1, 0.15) is 5.52 Å². The van der Waals surface area contributed by atoms with Gasteiger partial charge < -0.3 is 9.73 Å². The average Bonchev–Trinajstić information content (AvgIpc) is 3.22. The fourth-order valence-electron chi connectivity index (χ4n) is 3.46. The van der Waals surface area contributed by atoms with Crippen molar-refractivity contribution in [3.63, 3.8) is 0 Å². The number of nitrogens with one attached hydrogen (secondary N) is 1. The second kappa shape index (κ2) is 8.63. The number of carbonyl (C=O) groups is 1. The first-order chi connectivity index (χ1) is 15.4. The van der Waals surface area contributed by atoms with E-state index in [1.807, 2.05) is 18.2 Å². The van der Waals surface area contributed by atoms with Crippen LogP contribution in [0.1, 0.15) is 47.7 Å². The lowest BCUT2D eigenvalue weighted by Crippen LogP contribution is -2.12. The van der Waals surface area contributed by atoms with Crippen molar-refractivity contribution >= 4 is 28.4 Å². The van der Waals surface area contributed by atoms with Crippen molar-refractivity contribution < 1.29 is 14.1 Å². The third kappa shape index (κ3) is 4.23. The number of hydrogen-bond donors (Lipinski definition) is 1. The van der Waals surface area contributed by atoms with Crippen LogP contribution in [0.15, 0.2) is 65.1 Å². The van der Waals surface area contributed by atoms with Crippen molar-refractivity contribution in [2.24, 2.45) is 0 Å². The summed E-state index contributed by atoms with van der Waals surface area (Å²) in [5, 5.41) is 13.9. The number of nitro benzene ring substituents is 1. The molecule has 0 radical (unpaired) electrons. The van der Waals surface area contributed by atoms with Gasteiger partial charge in [0.2, 0.25) is 5.89 Å². The van der Waals surface area contributed by atoms with E-state index in [1.54, 1.807) is 31.2 Å². The molecule has 0 aliphatic carbocycles. The van der Waals surface area contributed by atoms with Crippen LogP contribution in [0.4, 0.5) is 11.4 Å². The molecule has 7 nitrogen and oxygen atoms in total. The van der Waals surface area contributed by atoms with E-state index in [1.165, 1.54) is 11.6 Å². The fourth-order valence-corrected chi connectivity index (χ4v) is 3.46. The maximum atomic E-state index is 12.5. The number of carbonyl (C=O) groups excluding carboxylic acids is 1. The molecule has 7 heteroatoms. The molecular formula is C25H23N3O4. The van der Waals surface area contributed by atoms with Crippen LogP contribution in [-0.4, -0.2) is 15.8 Å². The number of nitro groups is 1. The predicted octanol–water partition coefficient (Wildman–Crippen LogP) is 6.48. The van der Waals surface area contributed by atoms with Crippen LogP contribution in [0.5, 0.6) is 0 Å². The number of oxazole rings is 1. The smallest absolute Gasteiger partial charge is 0.273 e. The Kier molecular flexibility index (Phi) is 5.73. The number of hydrogen-bond acceptors (Lipinski definition) is 5. The zero-order chi connectivity index (χ0) is 22.8. The molecule has 32 heavy (non-hydrogen) atoms. The van der Waals surface area contributed by atoms with E-state index in [2.05, 4.69) is 36.3 Å². The molecular weight excluding hydrogens is 406 g/mol. The molecule has 4 rings (SSSR count). The maximum Gasteiger partial charge on any atom is 0.273 e. The van der Waals surface area contributed by atoms with Gasteiger partial charge in [-0.25, -0.2) is 4.98 Å². The second-order valence-electron chi connectivity index (χ2n) is 7.85. The molecule has 0 saturated carbocycles. The van der Waals surface area contributed by atoms with Gasteiger partial charge >= 0.3 is 0 Å². The molecule has 4 aromatic rings. The quantitative estimate of drug-likeness (QED) is 0.279. The summed E-state index contributed by atoms with van der Waals surface area (Å²) < 4.78 is 5.90. The molecule has 0 aliphatic heterocycles. The fraction of sp³-hybridized carbons (Fsp3) is 0.200. The lowest BCUT2D eigenvalue weighted by Gasteiger charge is -2.07. The standard InChI is InChI=1S/C25H23N3O4/c1-4-15(2)18-9-12-23-21(13-18)27-25(32-23)17-7-10-20(11-8-17)26-24(29)19-6-5-16(3)22(14-19)28(30)31/h5-15H,4H2,1-3H3,(H,26,29)/t15-/m1/s1. The van der Waals surface area contributed by atoms with E-state index in [-0.39, 0.29) is 11.3 Å². The minimum atomic E-state index is -0.493. The molecule has 0 unspecified atom stereocenters. The number of fused-ring (bicyclic) bond motifs is 1. The Hall–Kier alpha value is -4.00. The summed E-state index contributed by atoms with van der Waals surface area (Å²) in [6, 6.07) is 17.6. The molecule has 162 valence electrons. The first-order valence-electron chi connectivity index (χ1n) is 10.4. The number of nitrogens with zero attached hydrogens (tertiary/aromatic N) is 2. The first kappa shape index (κ1) is 21.2. The van der Waals surface area contributed by atoms with Crippen molar-refractivity contribution in [1.82, 2.24) is 4.98 Å². The van der Waals surface area contributed by atoms with Gasteiger partial charge in [0.15, 0.2) is 5.58 Å². The molecule has 1 aromatic heterocycles. The lowest BCUT2D eigenvalue weighted by atomic mass is 9.98. The van der Waals surface area contributed by atoms with Crippen molar-refractivity contribution in [2.45, 2.75) is 33.1 Å². The summed E-state index contributed by atoms with van der Waals surface area (Å²) in [6.45, 7) is 5.98. The third-order valence-corrected chi connectivity index (χ3v) is 5.65. The number of aryl methyl sites for hydroxylation is 1. The first-order valence-corrected chi connectivity index (χ1v) is 10.4. The highest BCUT2D eigenvalue weighted by atomic mass is 16.6. The van der Waals surface area contributed by atoms with Crippen LogP contribution in [-0.2, 0) is 0 Å². The van der Waals surface area contributed by atoms with Crippen molar-refractivity contribution in [3.8, 4) is 11.5 Å². The van der Waals surface area contributed by atoms with Gasteiger partial charge in [0, 0.05) is 28.4 Å². The lowest BCUT2D eigenvalue weighted by molar-refractivity contribution is -0.385. The van der Waals surface area contributed by atoms with Crippen molar-refractivity contribution in [2.75, 3.05) is 5.32 Å². The number of anilines is 1. The molecule has 0 fully saturated rings. The van der Waals surface area contributed by atoms with Gasteiger partial charge in [-0.15, -0.1) is 0 Å². The summed E-state index contributed by atoms with van der Waals surface area (Å²) in [5.41, 5.74) is 4.77. The third-order valence-electron chi connectivity index (χ3n) is 5.65. The topological polar surface area (TPSA) is 98.3 Å². The number of benzene rings is 3. The predicted molar refractivity (Wildman–Crippen MR) is 124 cm³/mol. The molecule has 0 spiro atoms. The molecule has 0 aliphatic rings. The molecule has 0 bridgehead atoms. The van der Waals surface area contributed by atoms with Crippen molar-refractivity contribution in [3.05, 3.63) is 87.5 Å². The van der Waals surface area contributed by atoms with E-state index in [0.717, 1.165) is 23.1 Å². The second-order valence-corrected chi connectivity index (χ2v) is 7.85. The molecule has 1 amide bonds. The van der Waals surface area contributed by atoms with Crippen molar-refractivity contribution in [1.29, 1.82) is 0 Å². The van der Waals surface area contributed by atoms with Gasteiger partial charge in [0.05, 0.1) is 4.92 Å². The van der Waals surface area contributed by atoms with E-state index < -0.39 is 10.8 Å². The Labute approximate surface area is 185 Å². The Bertz CT molecular complexity index is 1310. The zero-order valence-corrected chi connectivity index (χ0v) is 18.1. The molecule has 0 saturated heterocycles. The van der Waals surface area contributed by atoms with E-state index in [0.29, 0.717) is 23.1 Å². The van der Waals surface area contributed by atoms with Crippen LogP contribution in [0.3, 0.4) is 0 Å². The van der Waals surface area contributed by atoms with Gasteiger partial charge in [-0.3, -0.25) is 14.9 Å². The summed E-state index contributed by atoms with van der Waals surface area (Å²) in [6.07, 6.45) is 1.05. The number of amides is 1. The van der Waals surface area contributed by atoms with Crippen LogP contribution in [0.2, 0.25) is 0 Å². The van der Waals surface area contributed by atoms with Crippen LogP contribution >= 0.6 is 0 Å². The molecule has 1 N–H and O–H groups in total. The van der Waals surface area contributed by atoms with E-state index in [9.17, 15) is 14.9 Å². The Morgan fingerprint density at radius 2 is 1.88 bits per heavy atom. The normalized spacial score (nSPS) is 12.0. The minimum Gasteiger partial charge on any atom is -0.436 e.